The second kappa shape index (κ2) is 4.39. The molecule has 0 aliphatic heterocycles. The lowest BCUT2D eigenvalue weighted by molar-refractivity contribution is -0.138. The van der Waals surface area contributed by atoms with Crippen LogP contribution in [0, 0.1) is 0 Å². The van der Waals surface area contributed by atoms with Gasteiger partial charge in [0.1, 0.15) is 12.5 Å². The highest BCUT2D eigenvalue weighted by Gasteiger charge is 2.17. The Morgan fingerprint density at radius 2 is 2.20 bits per heavy atom. The van der Waals surface area contributed by atoms with E-state index in [1.54, 1.807) is 0 Å². The van der Waals surface area contributed by atoms with Crippen molar-refractivity contribution in [3.8, 4) is 0 Å². The molecule has 0 N–H and O–H groups in total. The van der Waals surface area contributed by atoms with Crippen LogP contribution < -0.4 is 0 Å². The van der Waals surface area contributed by atoms with Crippen LogP contribution in [0.4, 0.5) is 0 Å². The number of esters is 1. The van der Waals surface area contributed by atoms with Crippen molar-refractivity contribution in [1.82, 2.24) is 0 Å². The summed E-state index contributed by atoms with van der Waals surface area (Å²) in [4.78, 5) is 10.6. The molecule has 2 nitrogen and oxygen atoms in total. The summed E-state index contributed by atoms with van der Waals surface area (Å²) in [6, 6.07) is 0. The first-order chi connectivity index (χ1) is 4.57. The van der Waals surface area contributed by atoms with Crippen LogP contribution in [-0.4, -0.2) is 23.9 Å². The van der Waals surface area contributed by atoms with Gasteiger partial charge in [-0.2, -0.15) is 0 Å². The molecule has 0 aromatic rings. The molecule has 10 heavy (non-hydrogen) atoms. The van der Waals surface area contributed by atoms with Crippen LogP contribution in [0.1, 0.15) is 6.92 Å². The van der Waals surface area contributed by atoms with Gasteiger partial charge in [0.2, 0.25) is 0 Å². The average molecular weight is 161 g/mol. The van der Waals surface area contributed by atoms with Crippen LogP contribution in [0.2, 0.25) is 0 Å². The molecule has 0 aromatic heterocycles. The number of ether oxygens (including phenoxy) is 1. The molecular weight excluding hydrogens is 148 g/mol. The van der Waals surface area contributed by atoms with E-state index in [0.717, 1.165) is 0 Å². The van der Waals surface area contributed by atoms with Crippen molar-refractivity contribution in [3.05, 3.63) is 12.7 Å². The normalized spacial score (nSPS) is 12.8. The highest BCUT2D eigenvalue weighted by atomic mass is 32.2. The second-order valence-electron chi connectivity index (χ2n) is 2.09. The standard InChI is InChI=1S/C7H13O2S/c1-5-7(8)9-6(2)10(3)4/h5-6H,1H2,2-4H3/q+1. The third kappa shape index (κ3) is 3.56. The Hall–Kier alpha value is -0.440. The number of carbonyl (C=O) groups is 1. The molecule has 58 valence electrons. The smallest absolute Gasteiger partial charge is 0.334 e. The maximum absolute atomic E-state index is 10.6. The molecular formula is C7H13O2S+. The summed E-state index contributed by atoms with van der Waals surface area (Å²) in [6.07, 6.45) is 5.24. The SMILES string of the molecule is C=CC(=O)OC(C)[S+](C)C. The van der Waals surface area contributed by atoms with Gasteiger partial charge >= 0.3 is 5.97 Å². The van der Waals surface area contributed by atoms with E-state index in [9.17, 15) is 4.79 Å². The fourth-order valence-electron chi connectivity index (χ4n) is 0.308. The van der Waals surface area contributed by atoms with Crippen molar-refractivity contribution in [3.63, 3.8) is 0 Å². The Bertz CT molecular complexity index is 132. The van der Waals surface area contributed by atoms with Crippen molar-refractivity contribution >= 4 is 16.9 Å². The zero-order valence-corrected chi connectivity index (χ0v) is 7.40. The topological polar surface area (TPSA) is 26.3 Å². The van der Waals surface area contributed by atoms with Crippen LogP contribution in [0.25, 0.3) is 0 Å². The molecule has 0 saturated carbocycles. The van der Waals surface area contributed by atoms with E-state index in [0.29, 0.717) is 0 Å². The van der Waals surface area contributed by atoms with Crippen molar-refractivity contribution < 1.29 is 9.53 Å². The minimum Gasteiger partial charge on any atom is -0.413 e. The summed E-state index contributed by atoms with van der Waals surface area (Å²) >= 11 is 0. The quantitative estimate of drug-likeness (QED) is 0.350. The summed E-state index contributed by atoms with van der Waals surface area (Å²) in [6.45, 7) is 5.18. The molecule has 0 amide bonds. The second-order valence-corrected chi connectivity index (χ2v) is 4.51. The zero-order valence-electron chi connectivity index (χ0n) is 6.59. The number of carbonyl (C=O) groups excluding carboxylic acids is 1. The van der Waals surface area contributed by atoms with Crippen molar-refractivity contribution in [1.29, 1.82) is 0 Å². The van der Waals surface area contributed by atoms with Crippen LogP contribution >= 0.6 is 0 Å². The van der Waals surface area contributed by atoms with Crippen LogP contribution in [0.5, 0.6) is 0 Å². The molecule has 0 heterocycles. The fourth-order valence-corrected chi connectivity index (χ4v) is 0.595. The predicted octanol–water partition coefficient (Wildman–Crippen LogP) is 0.939. The van der Waals surface area contributed by atoms with Gasteiger partial charge in [0.15, 0.2) is 0 Å². The Morgan fingerprint density at radius 3 is 2.50 bits per heavy atom. The summed E-state index contributed by atoms with van der Waals surface area (Å²) in [5.41, 5.74) is 0.00509. The van der Waals surface area contributed by atoms with Crippen LogP contribution in [0.15, 0.2) is 12.7 Å². The molecule has 1 atom stereocenters. The molecule has 0 fully saturated rings. The third-order valence-electron chi connectivity index (χ3n) is 1.11. The molecule has 0 aliphatic carbocycles. The monoisotopic (exact) mass is 161 g/mol. The summed E-state index contributed by atoms with van der Waals surface area (Å²) in [5.74, 6) is -0.339. The number of hydrogen-bond donors (Lipinski definition) is 0. The predicted molar refractivity (Wildman–Crippen MR) is 45.0 cm³/mol. The lowest BCUT2D eigenvalue weighted by Crippen LogP contribution is -2.21. The minimum absolute atomic E-state index is 0.00509. The van der Waals surface area contributed by atoms with E-state index < -0.39 is 0 Å². The van der Waals surface area contributed by atoms with E-state index in [1.165, 1.54) is 6.08 Å². The molecule has 0 radical (unpaired) electrons. The number of rotatable bonds is 3. The maximum Gasteiger partial charge on any atom is 0.334 e. The highest BCUT2D eigenvalue weighted by molar-refractivity contribution is 7.95. The molecule has 0 spiro atoms. The highest BCUT2D eigenvalue weighted by Crippen LogP contribution is 2.00. The van der Waals surface area contributed by atoms with E-state index in [2.05, 4.69) is 6.58 Å². The van der Waals surface area contributed by atoms with Gasteiger partial charge < -0.3 is 4.74 Å². The van der Waals surface area contributed by atoms with Gasteiger partial charge in [-0.3, -0.25) is 0 Å². The molecule has 0 rings (SSSR count). The van der Waals surface area contributed by atoms with Crippen LogP contribution in [0.3, 0.4) is 0 Å². The van der Waals surface area contributed by atoms with Gasteiger partial charge in [0.25, 0.3) is 5.44 Å². The largest absolute Gasteiger partial charge is 0.413 e. The maximum atomic E-state index is 10.6. The summed E-state index contributed by atoms with van der Waals surface area (Å²) < 4.78 is 4.92. The van der Waals surface area contributed by atoms with E-state index >= 15 is 0 Å². The molecule has 0 aliphatic rings. The Morgan fingerprint density at radius 1 is 1.70 bits per heavy atom. The molecule has 3 heteroatoms. The van der Waals surface area contributed by atoms with Crippen molar-refractivity contribution in [2.45, 2.75) is 12.4 Å². The summed E-state index contributed by atoms with van der Waals surface area (Å²) in [5, 5.41) is 0. The molecule has 0 bridgehead atoms. The van der Waals surface area contributed by atoms with Gasteiger partial charge in [0, 0.05) is 23.9 Å². The van der Waals surface area contributed by atoms with Gasteiger partial charge in [0.05, 0.1) is 0 Å². The average Bonchev–Trinajstić information content (AvgIpc) is 1.87. The number of hydrogen-bond acceptors (Lipinski definition) is 2. The molecule has 0 saturated heterocycles. The van der Waals surface area contributed by atoms with Gasteiger partial charge in [-0.1, -0.05) is 6.58 Å². The zero-order chi connectivity index (χ0) is 8.15. The first kappa shape index (κ1) is 9.56. The Labute approximate surface area is 64.6 Å². The fraction of sp³-hybridized carbons (Fsp3) is 0.571. The Balaban J connectivity index is 3.67. The van der Waals surface area contributed by atoms with Crippen LogP contribution in [-0.2, 0) is 20.4 Å². The van der Waals surface area contributed by atoms with Gasteiger partial charge in [-0.05, 0) is 0 Å². The van der Waals surface area contributed by atoms with Crippen molar-refractivity contribution in [2.24, 2.45) is 0 Å². The van der Waals surface area contributed by atoms with E-state index in [1.807, 2.05) is 19.4 Å². The van der Waals surface area contributed by atoms with Gasteiger partial charge in [-0.15, -0.1) is 0 Å². The minimum atomic E-state index is -0.339. The third-order valence-corrected chi connectivity index (χ3v) is 2.54. The lowest BCUT2D eigenvalue weighted by Gasteiger charge is -2.06. The Kier molecular flexibility index (Phi) is 4.19. The summed E-state index contributed by atoms with van der Waals surface area (Å²) in [7, 11) is 0.127. The van der Waals surface area contributed by atoms with E-state index in [4.69, 9.17) is 4.74 Å². The van der Waals surface area contributed by atoms with Crippen molar-refractivity contribution in [2.75, 3.05) is 12.5 Å². The van der Waals surface area contributed by atoms with E-state index in [-0.39, 0.29) is 22.3 Å². The molecule has 0 aromatic carbocycles. The first-order valence-electron chi connectivity index (χ1n) is 2.97. The lowest BCUT2D eigenvalue weighted by atomic mass is 10.6. The first-order valence-corrected chi connectivity index (χ1v) is 5.07. The molecule has 1 unspecified atom stereocenters. The van der Waals surface area contributed by atoms with Gasteiger partial charge in [-0.25, -0.2) is 4.79 Å².